The number of nitrogens with one attached hydrogen (secondary N) is 1. The summed E-state index contributed by atoms with van der Waals surface area (Å²) in [6, 6.07) is 4.80. The first kappa shape index (κ1) is 15.1. The standard InChI is InChI=1S/C12H17BrN2O3/c1-8(16)12(2,3)14-7-9-4-10(13)6-11(5-9)15(17)18/h4-6,8,14,16H,7H2,1-3H3. The Bertz CT molecular complexity index is 447. The Morgan fingerprint density at radius 2 is 2.11 bits per heavy atom. The molecule has 1 unspecified atom stereocenters. The monoisotopic (exact) mass is 316 g/mol. The first-order chi connectivity index (χ1) is 8.22. The number of rotatable bonds is 5. The van der Waals surface area contributed by atoms with Crippen molar-refractivity contribution in [2.24, 2.45) is 0 Å². The molecule has 0 aliphatic heterocycles. The molecule has 0 radical (unpaired) electrons. The first-order valence-electron chi connectivity index (χ1n) is 5.59. The number of hydrogen-bond donors (Lipinski definition) is 2. The summed E-state index contributed by atoms with van der Waals surface area (Å²) in [5, 5.41) is 23.5. The zero-order valence-corrected chi connectivity index (χ0v) is 12.2. The zero-order chi connectivity index (χ0) is 13.9. The van der Waals surface area contributed by atoms with E-state index in [1.54, 1.807) is 6.92 Å². The van der Waals surface area contributed by atoms with Gasteiger partial charge in [0.2, 0.25) is 0 Å². The summed E-state index contributed by atoms with van der Waals surface area (Å²) < 4.78 is 0.670. The fourth-order valence-electron chi connectivity index (χ4n) is 1.32. The lowest BCUT2D eigenvalue weighted by atomic mass is 9.98. The van der Waals surface area contributed by atoms with Gasteiger partial charge in [-0.05, 0) is 32.4 Å². The molecular formula is C12H17BrN2O3. The molecule has 0 heterocycles. The first-order valence-corrected chi connectivity index (χ1v) is 6.38. The largest absolute Gasteiger partial charge is 0.392 e. The smallest absolute Gasteiger partial charge is 0.270 e. The predicted molar refractivity (Wildman–Crippen MR) is 73.4 cm³/mol. The lowest BCUT2D eigenvalue weighted by Gasteiger charge is -2.29. The summed E-state index contributed by atoms with van der Waals surface area (Å²) in [6.45, 7) is 5.92. The molecule has 5 nitrogen and oxygen atoms in total. The lowest BCUT2D eigenvalue weighted by molar-refractivity contribution is -0.385. The maximum atomic E-state index is 10.7. The molecule has 0 amide bonds. The van der Waals surface area contributed by atoms with Crippen LogP contribution in [0.3, 0.4) is 0 Å². The normalized spacial score (nSPS) is 13.4. The van der Waals surface area contributed by atoms with Crippen molar-refractivity contribution < 1.29 is 10.0 Å². The Hall–Kier alpha value is -0.980. The summed E-state index contributed by atoms with van der Waals surface area (Å²) in [7, 11) is 0. The van der Waals surface area contributed by atoms with Gasteiger partial charge in [0, 0.05) is 28.7 Å². The number of nitro groups is 1. The molecule has 100 valence electrons. The van der Waals surface area contributed by atoms with E-state index >= 15 is 0 Å². The van der Waals surface area contributed by atoms with Crippen LogP contribution in [0.5, 0.6) is 0 Å². The van der Waals surface area contributed by atoms with Gasteiger partial charge in [0.15, 0.2) is 0 Å². The third-order valence-corrected chi connectivity index (χ3v) is 3.40. The van der Waals surface area contributed by atoms with Gasteiger partial charge in [-0.15, -0.1) is 0 Å². The van der Waals surface area contributed by atoms with Crippen LogP contribution in [0.2, 0.25) is 0 Å². The van der Waals surface area contributed by atoms with Crippen LogP contribution in [-0.4, -0.2) is 21.7 Å². The number of halogens is 1. The van der Waals surface area contributed by atoms with E-state index in [0.29, 0.717) is 11.0 Å². The molecule has 0 aromatic heterocycles. The fourth-order valence-corrected chi connectivity index (χ4v) is 1.85. The Morgan fingerprint density at radius 1 is 1.50 bits per heavy atom. The summed E-state index contributed by atoms with van der Waals surface area (Å²) in [6.07, 6.45) is -0.514. The molecule has 6 heteroatoms. The second-order valence-corrected chi connectivity index (χ2v) is 5.74. The third-order valence-electron chi connectivity index (χ3n) is 2.95. The predicted octanol–water partition coefficient (Wildman–Crippen LogP) is 2.61. The molecule has 0 saturated heterocycles. The van der Waals surface area contributed by atoms with E-state index in [0.717, 1.165) is 5.56 Å². The Kier molecular flexibility index (Phi) is 4.84. The number of nitrogens with zero attached hydrogens (tertiary/aromatic N) is 1. The summed E-state index contributed by atoms with van der Waals surface area (Å²) >= 11 is 3.25. The van der Waals surface area contributed by atoms with Crippen LogP contribution < -0.4 is 5.32 Å². The zero-order valence-electron chi connectivity index (χ0n) is 10.6. The SMILES string of the molecule is CC(O)C(C)(C)NCc1cc(Br)cc([N+](=O)[O-])c1. The highest BCUT2D eigenvalue weighted by molar-refractivity contribution is 9.10. The highest BCUT2D eigenvalue weighted by Crippen LogP contribution is 2.22. The maximum absolute atomic E-state index is 10.7. The minimum atomic E-state index is -0.514. The molecule has 0 bridgehead atoms. The van der Waals surface area contributed by atoms with Crippen molar-refractivity contribution in [3.8, 4) is 0 Å². The molecular weight excluding hydrogens is 300 g/mol. The topological polar surface area (TPSA) is 75.4 Å². The van der Waals surface area contributed by atoms with Crippen LogP contribution in [0.15, 0.2) is 22.7 Å². The van der Waals surface area contributed by atoms with Crippen LogP contribution in [0.4, 0.5) is 5.69 Å². The van der Waals surface area contributed by atoms with E-state index in [1.165, 1.54) is 12.1 Å². The summed E-state index contributed by atoms with van der Waals surface area (Å²) in [5.74, 6) is 0. The number of aliphatic hydroxyl groups is 1. The third kappa shape index (κ3) is 4.04. The minimum Gasteiger partial charge on any atom is -0.392 e. The number of benzene rings is 1. The van der Waals surface area contributed by atoms with Gasteiger partial charge in [-0.2, -0.15) is 0 Å². The van der Waals surface area contributed by atoms with E-state index in [2.05, 4.69) is 21.2 Å². The molecule has 2 N–H and O–H groups in total. The van der Waals surface area contributed by atoms with Gasteiger partial charge in [0.1, 0.15) is 0 Å². The Morgan fingerprint density at radius 3 is 2.61 bits per heavy atom. The number of nitro benzene ring substituents is 1. The maximum Gasteiger partial charge on any atom is 0.270 e. The molecule has 0 fully saturated rings. The summed E-state index contributed by atoms with van der Waals surface area (Å²) in [4.78, 5) is 10.3. The van der Waals surface area contributed by atoms with Crippen LogP contribution in [0.25, 0.3) is 0 Å². The van der Waals surface area contributed by atoms with Crippen LogP contribution in [-0.2, 0) is 6.54 Å². The average molecular weight is 317 g/mol. The highest BCUT2D eigenvalue weighted by atomic mass is 79.9. The lowest BCUT2D eigenvalue weighted by Crippen LogP contribution is -2.47. The quantitative estimate of drug-likeness (QED) is 0.646. The van der Waals surface area contributed by atoms with Crippen molar-refractivity contribution in [2.45, 2.75) is 39.0 Å². The van der Waals surface area contributed by atoms with E-state index in [1.807, 2.05) is 19.9 Å². The number of aliphatic hydroxyl groups excluding tert-OH is 1. The molecule has 1 rings (SSSR count). The molecule has 1 aromatic carbocycles. The molecule has 0 spiro atoms. The van der Waals surface area contributed by atoms with Gasteiger partial charge in [-0.3, -0.25) is 10.1 Å². The van der Waals surface area contributed by atoms with E-state index < -0.39 is 16.6 Å². The Balaban J connectivity index is 2.83. The summed E-state index contributed by atoms with van der Waals surface area (Å²) in [5.41, 5.74) is 0.401. The van der Waals surface area contributed by atoms with Crippen molar-refractivity contribution in [1.29, 1.82) is 0 Å². The minimum absolute atomic E-state index is 0.0519. The van der Waals surface area contributed by atoms with Crippen molar-refractivity contribution in [2.75, 3.05) is 0 Å². The van der Waals surface area contributed by atoms with E-state index in [-0.39, 0.29) is 5.69 Å². The molecule has 1 atom stereocenters. The van der Waals surface area contributed by atoms with Crippen molar-refractivity contribution in [3.05, 3.63) is 38.3 Å². The molecule has 18 heavy (non-hydrogen) atoms. The van der Waals surface area contributed by atoms with Gasteiger partial charge < -0.3 is 10.4 Å². The molecule has 0 aliphatic rings. The van der Waals surface area contributed by atoms with E-state index in [9.17, 15) is 15.2 Å². The fraction of sp³-hybridized carbons (Fsp3) is 0.500. The van der Waals surface area contributed by atoms with Gasteiger partial charge in [-0.1, -0.05) is 15.9 Å². The van der Waals surface area contributed by atoms with E-state index in [4.69, 9.17) is 0 Å². The van der Waals surface area contributed by atoms with Crippen LogP contribution in [0, 0.1) is 10.1 Å². The molecule has 1 aromatic rings. The number of non-ortho nitro benzene ring substituents is 1. The van der Waals surface area contributed by atoms with Gasteiger partial charge in [-0.25, -0.2) is 0 Å². The van der Waals surface area contributed by atoms with Crippen molar-refractivity contribution in [3.63, 3.8) is 0 Å². The van der Waals surface area contributed by atoms with Crippen molar-refractivity contribution >= 4 is 21.6 Å². The average Bonchev–Trinajstić information content (AvgIpc) is 2.25. The Labute approximate surface area is 114 Å². The van der Waals surface area contributed by atoms with Crippen LogP contribution >= 0.6 is 15.9 Å². The van der Waals surface area contributed by atoms with Crippen LogP contribution in [0.1, 0.15) is 26.3 Å². The molecule has 0 saturated carbocycles. The highest BCUT2D eigenvalue weighted by Gasteiger charge is 2.23. The second kappa shape index (κ2) is 5.77. The van der Waals surface area contributed by atoms with Gasteiger partial charge in [0.25, 0.3) is 5.69 Å². The van der Waals surface area contributed by atoms with Gasteiger partial charge >= 0.3 is 0 Å². The van der Waals surface area contributed by atoms with Gasteiger partial charge in [0.05, 0.1) is 11.0 Å². The number of hydrogen-bond acceptors (Lipinski definition) is 4. The molecule has 0 aliphatic carbocycles. The van der Waals surface area contributed by atoms with Crippen molar-refractivity contribution in [1.82, 2.24) is 5.32 Å². The second-order valence-electron chi connectivity index (χ2n) is 4.83.